The summed E-state index contributed by atoms with van der Waals surface area (Å²) in [6.07, 6.45) is 0. The summed E-state index contributed by atoms with van der Waals surface area (Å²) in [5.74, 6) is 0. The van der Waals surface area contributed by atoms with Gasteiger partial charge in [-0.25, -0.2) is 0 Å². The summed E-state index contributed by atoms with van der Waals surface area (Å²) in [5.41, 5.74) is 9.96. The lowest BCUT2D eigenvalue weighted by atomic mass is 10.0. The van der Waals surface area contributed by atoms with Crippen LogP contribution in [0.15, 0.2) is 42.5 Å². The van der Waals surface area contributed by atoms with Crippen LogP contribution in [0.3, 0.4) is 0 Å². The highest BCUT2D eigenvalue weighted by atomic mass is 35.5. The number of hydrogen-bond donors (Lipinski definition) is 1. The van der Waals surface area contributed by atoms with Crippen LogP contribution in [0.1, 0.15) is 5.56 Å². The molecule has 16 heavy (non-hydrogen) atoms. The Morgan fingerprint density at radius 3 is 2.31 bits per heavy atom. The molecule has 1 nitrogen and oxygen atoms in total. The van der Waals surface area contributed by atoms with Crippen molar-refractivity contribution in [1.29, 1.82) is 0 Å². The van der Waals surface area contributed by atoms with E-state index in [1.165, 1.54) is 0 Å². The summed E-state index contributed by atoms with van der Waals surface area (Å²) < 4.78 is 0. The van der Waals surface area contributed by atoms with Gasteiger partial charge in [-0.15, -0.1) is 12.4 Å². The Hall–Kier alpha value is -1.18. The Morgan fingerprint density at radius 1 is 1.00 bits per heavy atom. The number of halogens is 2. The molecule has 2 aromatic rings. The molecule has 0 aliphatic carbocycles. The predicted molar refractivity (Wildman–Crippen MR) is 73.3 cm³/mol. The summed E-state index contributed by atoms with van der Waals surface area (Å²) in [7, 11) is 0. The third kappa shape index (κ3) is 2.69. The third-order valence-corrected chi connectivity index (χ3v) is 2.67. The number of nitrogens with two attached hydrogens (primary N) is 1. The maximum Gasteiger partial charge on any atom is 0.0412 e. The van der Waals surface area contributed by atoms with Gasteiger partial charge in [0.2, 0.25) is 0 Å². The molecule has 0 aliphatic heterocycles. The average molecular weight is 254 g/mol. The number of anilines is 1. The average Bonchev–Trinajstić information content (AvgIpc) is 2.22. The molecule has 0 aliphatic rings. The van der Waals surface area contributed by atoms with Crippen LogP contribution < -0.4 is 5.73 Å². The standard InChI is InChI=1S/C13H12ClN.ClH/c1-9-5-6-11(8-13(9)15)10-3-2-4-12(14)7-10;/h2-8H,15H2,1H3;1H. The molecule has 2 aromatic carbocycles. The van der Waals surface area contributed by atoms with Crippen molar-refractivity contribution in [1.82, 2.24) is 0 Å². The second-order valence-electron chi connectivity index (χ2n) is 3.58. The highest BCUT2D eigenvalue weighted by Crippen LogP contribution is 2.25. The minimum atomic E-state index is 0. The van der Waals surface area contributed by atoms with E-state index in [1.807, 2.05) is 43.3 Å². The molecule has 0 bridgehead atoms. The molecule has 0 atom stereocenters. The van der Waals surface area contributed by atoms with Crippen molar-refractivity contribution in [3.63, 3.8) is 0 Å². The third-order valence-electron chi connectivity index (χ3n) is 2.44. The van der Waals surface area contributed by atoms with Crippen LogP contribution in [-0.2, 0) is 0 Å². The van der Waals surface area contributed by atoms with E-state index in [1.54, 1.807) is 0 Å². The highest BCUT2D eigenvalue weighted by molar-refractivity contribution is 6.30. The van der Waals surface area contributed by atoms with Crippen molar-refractivity contribution in [3.05, 3.63) is 53.1 Å². The molecule has 0 heterocycles. The van der Waals surface area contributed by atoms with Gasteiger partial charge in [0.1, 0.15) is 0 Å². The van der Waals surface area contributed by atoms with Crippen molar-refractivity contribution in [2.45, 2.75) is 6.92 Å². The fourth-order valence-corrected chi connectivity index (χ4v) is 1.68. The molecule has 0 saturated carbocycles. The molecule has 0 spiro atoms. The molecule has 0 amide bonds. The van der Waals surface area contributed by atoms with Crippen LogP contribution in [0.2, 0.25) is 5.02 Å². The molecule has 84 valence electrons. The van der Waals surface area contributed by atoms with E-state index in [-0.39, 0.29) is 12.4 Å². The first kappa shape index (κ1) is 12.9. The Balaban J connectivity index is 0.00000128. The van der Waals surface area contributed by atoms with E-state index in [0.717, 1.165) is 27.4 Å². The Kier molecular flexibility index (Phi) is 4.22. The summed E-state index contributed by atoms with van der Waals surface area (Å²) in [6, 6.07) is 13.8. The van der Waals surface area contributed by atoms with E-state index in [9.17, 15) is 0 Å². The van der Waals surface area contributed by atoms with Gasteiger partial charge in [-0.2, -0.15) is 0 Å². The summed E-state index contributed by atoms with van der Waals surface area (Å²) in [6.45, 7) is 2.00. The van der Waals surface area contributed by atoms with Crippen LogP contribution in [0.4, 0.5) is 5.69 Å². The number of benzene rings is 2. The predicted octanol–water partition coefficient (Wildman–Crippen LogP) is 4.32. The second-order valence-corrected chi connectivity index (χ2v) is 4.02. The first-order chi connectivity index (χ1) is 7.16. The van der Waals surface area contributed by atoms with Crippen molar-refractivity contribution >= 4 is 29.7 Å². The minimum Gasteiger partial charge on any atom is -0.398 e. The Bertz CT molecular complexity index is 495. The van der Waals surface area contributed by atoms with Crippen molar-refractivity contribution in [3.8, 4) is 11.1 Å². The summed E-state index contributed by atoms with van der Waals surface area (Å²) in [4.78, 5) is 0. The van der Waals surface area contributed by atoms with Gasteiger partial charge in [-0.05, 0) is 41.8 Å². The Morgan fingerprint density at radius 2 is 1.69 bits per heavy atom. The van der Waals surface area contributed by atoms with Gasteiger partial charge in [-0.3, -0.25) is 0 Å². The fraction of sp³-hybridized carbons (Fsp3) is 0.0769. The molecule has 2 N–H and O–H groups in total. The SMILES string of the molecule is Cc1ccc(-c2cccc(Cl)c2)cc1N.Cl. The topological polar surface area (TPSA) is 26.0 Å². The lowest BCUT2D eigenvalue weighted by Gasteiger charge is -2.05. The number of aryl methyl sites for hydroxylation is 1. The molecule has 3 heteroatoms. The molecule has 0 fully saturated rings. The Labute approximate surface area is 107 Å². The van der Waals surface area contributed by atoms with Crippen LogP contribution in [0.5, 0.6) is 0 Å². The molecule has 0 radical (unpaired) electrons. The fourth-order valence-electron chi connectivity index (χ4n) is 1.49. The molecule has 0 aromatic heterocycles. The first-order valence-corrected chi connectivity index (χ1v) is 5.17. The van der Waals surface area contributed by atoms with E-state index in [4.69, 9.17) is 17.3 Å². The second kappa shape index (κ2) is 5.24. The van der Waals surface area contributed by atoms with Gasteiger partial charge in [0, 0.05) is 10.7 Å². The summed E-state index contributed by atoms with van der Waals surface area (Å²) in [5, 5.41) is 0.742. The van der Waals surface area contributed by atoms with Gasteiger partial charge < -0.3 is 5.73 Å². The first-order valence-electron chi connectivity index (χ1n) is 4.79. The van der Waals surface area contributed by atoms with Crippen molar-refractivity contribution < 1.29 is 0 Å². The molecule has 2 rings (SSSR count). The van der Waals surface area contributed by atoms with Gasteiger partial charge in [0.05, 0.1) is 0 Å². The highest BCUT2D eigenvalue weighted by Gasteiger charge is 2.00. The van der Waals surface area contributed by atoms with Crippen molar-refractivity contribution in [2.24, 2.45) is 0 Å². The van der Waals surface area contributed by atoms with Gasteiger partial charge in [0.25, 0.3) is 0 Å². The van der Waals surface area contributed by atoms with Crippen LogP contribution >= 0.6 is 24.0 Å². The zero-order chi connectivity index (χ0) is 10.8. The lowest BCUT2D eigenvalue weighted by molar-refractivity contribution is 1.47. The maximum absolute atomic E-state index is 5.93. The zero-order valence-electron chi connectivity index (χ0n) is 8.91. The monoisotopic (exact) mass is 253 g/mol. The van der Waals surface area contributed by atoms with Crippen LogP contribution in [-0.4, -0.2) is 0 Å². The van der Waals surface area contributed by atoms with Gasteiger partial charge in [0.15, 0.2) is 0 Å². The minimum absolute atomic E-state index is 0. The lowest BCUT2D eigenvalue weighted by Crippen LogP contribution is -1.89. The molecule has 0 unspecified atom stereocenters. The van der Waals surface area contributed by atoms with Crippen molar-refractivity contribution in [2.75, 3.05) is 5.73 Å². The normalized spacial score (nSPS) is 9.62. The van der Waals surface area contributed by atoms with Gasteiger partial charge >= 0.3 is 0 Å². The van der Waals surface area contributed by atoms with Gasteiger partial charge in [-0.1, -0.05) is 35.9 Å². The number of rotatable bonds is 1. The van der Waals surface area contributed by atoms with E-state index >= 15 is 0 Å². The molecular formula is C13H13Cl2N. The van der Waals surface area contributed by atoms with Crippen LogP contribution in [0, 0.1) is 6.92 Å². The smallest absolute Gasteiger partial charge is 0.0412 e. The molecular weight excluding hydrogens is 241 g/mol. The quantitative estimate of drug-likeness (QED) is 0.753. The summed E-state index contributed by atoms with van der Waals surface area (Å²) >= 11 is 5.93. The van der Waals surface area contributed by atoms with E-state index in [2.05, 4.69) is 6.07 Å². The zero-order valence-corrected chi connectivity index (χ0v) is 10.5. The van der Waals surface area contributed by atoms with E-state index in [0.29, 0.717) is 0 Å². The maximum atomic E-state index is 5.93. The largest absolute Gasteiger partial charge is 0.398 e. The van der Waals surface area contributed by atoms with E-state index < -0.39 is 0 Å². The number of hydrogen-bond acceptors (Lipinski definition) is 1. The number of nitrogen functional groups attached to an aromatic ring is 1. The van der Waals surface area contributed by atoms with Crippen LogP contribution in [0.25, 0.3) is 11.1 Å². The molecule has 0 saturated heterocycles.